The topological polar surface area (TPSA) is 93.1 Å². The number of rotatable bonds is 5. The zero-order chi connectivity index (χ0) is 24.4. The molecule has 1 aromatic heterocycles. The third-order valence-electron chi connectivity index (χ3n) is 5.51. The number of nitrogens with zero attached hydrogens (tertiary/aromatic N) is 3. The smallest absolute Gasteiger partial charge is 0.151 e. The van der Waals surface area contributed by atoms with Crippen molar-refractivity contribution in [2.75, 3.05) is 24.0 Å². The summed E-state index contributed by atoms with van der Waals surface area (Å²) in [5, 5.41) is 1.45. The molecule has 2 aromatic rings. The van der Waals surface area contributed by atoms with E-state index in [4.69, 9.17) is 11.6 Å². The number of aromatic nitrogens is 2. The highest BCUT2D eigenvalue weighted by atomic mass is 32.2. The lowest BCUT2D eigenvalue weighted by Gasteiger charge is -2.26. The number of hydrazine groups is 1. The highest BCUT2D eigenvalue weighted by Gasteiger charge is 2.17. The molecule has 1 unspecified atom stereocenters. The minimum absolute atomic E-state index is 0.612. The second kappa shape index (κ2) is 18.7. The largest absolute Gasteiger partial charge is 0.397 e. The van der Waals surface area contributed by atoms with Gasteiger partial charge in [0.1, 0.15) is 5.82 Å². The lowest BCUT2D eigenvalue weighted by Crippen LogP contribution is -2.27. The van der Waals surface area contributed by atoms with E-state index < -0.39 is 0 Å². The summed E-state index contributed by atoms with van der Waals surface area (Å²) < 4.78 is 2.85. The van der Waals surface area contributed by atoms with Gasteiger partial charge in [0, 0.05) is 12.3 Å². The van der Waals surface area contributed by atoms with Gasteiger partial charge in [-0.2, -0.15) is 0 Å². The Labute approximate surface area is 201 Å². The molecular weight excluding hydrogens is 416 g/mol. The summed E-state index contributed by atoms with van der Waals surface area (Å²) in [5.41, 5.74) is 7.17. The molecule has 1 aliphatic rings. The second-order valence-electron chi connectivity index (χ2n) is 7.58. The van der Waals surface area contributed by atoms with Crippen molar-refractivity contribution in [1.82, 2.24) is 14.7 Å². The Morgan fingerprint density at radius 2 is 1.75 bits per heavy atom. The second-order valence-corrected chi connectivity index (χ2v) is 8.40. The third kappa shape index (κ3) is 11.7. The Hall–Kier alpha value is -1.83. The van der Waals surface area contributed by atoms with Crippen molar-refractivity contribution in [3.63, 3.8) is 0 Å². The van der Waals surface area contributed by atoms with Gasteiger partial charge in [0.15, 0.2) is 5.82 Å². The number of aryl methyl sites for hydroxylation is 1. The maximum absolute atomic E-state index is 5.95. The molecule has 1 atom stereocenters. The van der Waals surface area contributed by atoms with Crippen LogP contribution in [0.15, 0.2) is 36.5 Å². The Bertz CT molecular complexity index is 704. The van der Waals surface area contributed by atoms with Crippen molar-refractivity contribution in [2.45, 2.75) is 73.1 Å². The van der Waals surface area contributed by atoms with Crippen LogP contribution in [0.5, 0.6) is 0 Å². The van der Waals surface area contributed by atoms with Gasteiger partial charge in [0.25, 0.3) is 0 Å². The molecule has 1 aromatic carbocycles. The first-order chi connectivity index (χ1) is 15.4. The predicted octanol–water partition coefficient (Wildman–Crippen LogP) is 6.50. The van der Waals surface area contributed by atoms with Crippen LogP contribution in [0, 0.1) is 18.8 Å². The lowest BCUT2D eigenvalue weighted by atomic mass is 9.80. The average molecular weight is 463 g/mol. The average Bonchev–Trinajstić information content (AvgIpc) is 2.85. The number of benzene rings is 1. The fourth-order valence-corrected chi connectivity index (χ4v) is 3.44. The van der Waals surface area contributed by atoms with Gasteiger partial charge >= 0.3 is 0 Å². The fraction of sp³-hybridized carbons (Fsp3) is 0.600. The molecule has 0 saturated heterocycles. The van der Waals surface area contributed by atoms with E-state index in [0.717, 1.165) is 17.5 Å². The van der Waals surface area contributed by atoms with Gasteiger partial charge in [-0.3, -0.25) is 9.73 Å². The van der Waals surface area contributed by atoms with E-state index >= 15 is 0 Å². The molecule has 6 nitrogen and oxygen atoms in total. The first-order valence-electron chi connectivity index (χ1n) is 11.8. The number of hydrogen-bond acceptors (Lipinski definition) is 7. The molecule has 0 bridgehead atoms. The normalized spacial score (nSPS) is 13.9. The standard InChI is InChI=1S/C11H13N5.C10H20.C2H7NS.C2H6/c1-8-14-7-6-11(15-8)16(13)10-5-3-2-4-9(10)12;1-3-9(2)10-7-5-4-6-8-10;1-3-4-2;1-2/h2-7H,12-13H2,1H3;9-10H,3-8H2,1-2H3;3H,1-2H3;1-2H3. The van der Waals surface area contributed by atoms with E-state index in [1.807, 2.05) is 52.3 Å². The summed E-state index contributed by atoms with van der Waals surface area (Å²) >= 11 is 1.61. The monoisotopic (exact) mass is 462 g/mol. The molecule has 1 saturated carbocycles. The molecular formula is C25H46N6S. The predicted molar refractivity (Wildman–Crippen MR) is 144 cm³/mol. The molecule has 1 fully saturated rings. The van der Waals surface area contributed by atoms with Crippen molar-refractivity contribution in [3.05, 3.63) is 42.4 Å². The summed E-state index contributed by atoms with van der Waals surface area (Å²) in [6.07, 6.45) is 12.5. The Morgan fingerprint density at radius 1 is 1.16 bits per heavy atom. The molecule has 0 amide bonds. The minimum Gasteiger partial charge on any atom is -0.397 e. The van der Waals surface area contributed by atoms with Gasteiger partial charge < -0.3 is 5.73 Å². The van der Waals surface area contributed by atoms with Crippen LogP contribution in [0.2, 0.25) is 0 Å². The molecule has 1 aliphatic carbocycles. The number of para-hydroxylation sites is 2. The van der Waals surface area contributed by atoms with Gasteiger partial charge in [-0.05, 0) is 44.2 Å². The van der Waals surface area contributed by atoms with E-state index in [9.17, 15) is 0 Å². The molecule has 0 radical (unpaired) electrons. The van der Waals surface area contributed by atoms with Gasteiger partial charge in [0.05, 0.1) is 11.4 Å². The van der Waals surface area contributed by atoms with E-state index in [-0.39, 0.29) is 0 Å². The van der Waals surface area contributed by atoms with Crippen molar-refractivity contribution < 1.29 is 0 Å². The zero-order valence-electron chi connectivity index (χ0n) is 21.3. The number of anilines is 3. The van der Waals surface area contributed by atoms with Crippen LogP contribution in [0.3, 0.4) is 0 Å². The summed E-state index contributed by atoms with van der Waals surface area (Å²) in [7, 11) is 1.89. The van der Waals surface area contributed by atoms with Crippen molar-refractivity contribution in [3.8, 4) is 0 Å². The fourth-order valence-electron chi connectivity index (χ4n) is 3.44. The van der Waals surface area contributed by atoms with Crippen LogP contribution in [0.4, 0.5) is 17.2 Å². The first-order valence-corrected chi connectivity index (χ1v) is 13.1. The SMILES string of the molecule is CC.CCC(C)C1CCCCC1.CNSC.Cc1nccc(N(N)c2ccccc2N)n1. The van der Waals surface area contributed by atoms with Gasteiger partial charge in [0.2, 0.25) is 0 Å². The summed E-state index contributed by atoms with van der Waals surface area (Å²) in [4.78, 5) is 8.24. The molecule has 7 heteroatoms. The first kappa shape index (κ1) is 30.2. The maximum atomic E-state index is 5.95. The quantitative estimate of drug-likeness (QED) is 0.202. The zero-order valence-corrected chi connectivity index (χ0v) is 22.1. The van der Waals surface area contributed by atoms with Gasteiger partial charge in [-0.1, -0.05) is 90.3 Å². The van der Waals surface area contributed by atoms with Gasteiger partial charge in [-0.15, -0.1) is 0 Å². The van der Waals surface area contributed by atoms with Crippen molar-refractivity contribution in [1.29, 1.82) is 0 Å². The van der Waals surface area contributed by atoms with E-state index in [1.54, 1.807) is 30.3 Å². The number of nitrogens with one attached hydrogen (secondary N) is 1. The van der Waals surface area contributed by atoms with Crippen LogP contribution >= 0.6 is 11.9 Å². The van der Waals surface area contributed by atoms with E-state index in [0.29, 0.717) is 17.3 Å². The summed E-state index contributed by atoms with van der Waals surface area (Å²) in [6, 6.07) is 9.10. The molecule has 32 heavy (non-hydrogen) atoms. The van der Waals surface area contributed by atoms with Crippen LogP contribution in [0.1, 0.15) is 72.0 Å². The number of nitrogen functional groups attached to an aromatic ring is 1. The molecule has 0 spiro atoms. The Kier molecular flexibility index (Phi) is 17.6. The summed E-state index contributed by atoms with van der Waals surface area (Å²) in [5.74, 6) is 9.29. The summed E-state index contributed by atoms with van der Waals surface area (Å²) in [6.45, 7) is 10.5. The van der Waals surface area contributed by atoms with Crippen molar-refractivity contribution >= 4 is 29.1 Å². The van der Waals surface area contributed by atoms with Crippen molar-refractivity contribution in [2.24, 2.45) is 17.7 Å². The van der Waals surface area contributed by atoms with Crippen LogP contribution in [-0.4, -0.2) is 23.3 Å². The molecule has 3 rings (SSSR count). The Morgan fingerprint density at radius 3 is 2.25 bits per heavy atom. The minimum atomic E-state index is 0.612. The van der Waals surface area contributed by atoms with Crippen LogP contribution in [-0.2, 0) is 0 Å². The highest BCUT2D eigenvalue weighted by molar-refractivity contribution is 7.96. The molecule has 1 heterocycles. The molecule has 182 valence electrons. The van der Waals surface area contributed by atoms with Crippen LogP contribution in [0.25, 0.3) is 0 Å². The number of hydrogen-bond donors (Lipinski definition) is 3. The maximum Gasteiger partial charge on any atom is 0.151 e. The third-order valence-corrected chi connectivity index (χ3v) is 5.92. The highest BCUT2D eigenvalue weighted by Crippen LogP contribution is 2.31. The molecule has 0 aliphatic heterocycles. The van der Waals surface area contributed by atoms with Crippen LogP contribution < -0.4 is 21.3 Å². The number of nitrogens with two attached hydrogens (primary N) is 2. The Balaban J connectivity index is 0.000000514. The van der Waals surface area contributed by atoms with Gasteiger partial charge in [-0.25, -0.2) is 15.8 Å². The van der Waals surface area contributed by atoms with E-state index in [1.165, 1.54) is 43.5 Å². The van der Waals surface area contributed by atoms with E-state index in [2.05, 4.69) is 28.5 Å². The molecule has 5 N–H and O–H groups in total. The lowest BCUT2D eigenvalue weighted by molar-refractivity contribution is 0.258.